The minimum atomic E-state index is -3.97. The Morgan fingerprint density at radius 1 is 0.812 bits per heavy atom. The topological polar surface area (TPSA) is 116 Å². The van der Waals surface area contributed by atoms with E-state index in [-0.39, 0.29) is 36.5 Å². The number of hydrogen-bond donors (Lipinski definition) is 1. The van der Waals surface area contributed by atoms with Gasteiger partial charge in [-0.05, 0) is 91.9 Å². The lowest BCUT2D eigenvalue weighted by molar-refractivity contribution is 0.412. The minimum Gasteiger partial charge on any atom is -0.497 e. The first-order chi connectivity index (χ1) is 23.2. The van der Waals surface area contributed by atoms with E-state index in [9.17, 15) is 13.2 Å². The molecule has 0 fully saturated rings. The van der Waals surface area contributed by atoms with Crippen molar-refractivity contribution in [1.82, 2.24) is 18.8 Å². The molecule has 0 unspecified atom stereocenters. The van der Waals surface area contributed by atoms with Crippen molar-refractivity contribution in [3.8, 4) is 17.2 Å². The quantitative estimate of drug-likeness (QED) is 0.161. The molecule has 6 rings (SSSR count). The molecule has 12 heteroatoms. The normalized spacial score (nSPS) is 11.7. The fourth-order valence-corrected chi connectivity index (χ4v) is 7.22. The number of hydrogen-bond acceptors (Lipinski definition) is 8. The van der Waals surface area contributed by atoms with Crippen molar-refractivity contribution in [1.29, 1.82) is 0 Å². The summed E-state index contributed by atoms with van der Waals surface area (Å²) >= 11 is 6.29. The fraction of sp³-hybridized carbons (Fsp3) is 0.194. The number of benzene rings is 4. The zero-order valence-electron chi connectivity index (χ0n) is 26.7. The number of aryl methyl sites for hydroxylation is 1. The Labute approximate surface area is 283 Å². The molecule has 0 aliphatic rings. The highest BCUT2D eigenvalue weighted by molar-refractivity contribution is 7.89. The zero-order valence-corrected chi connectivity index (χ0v) is 28.3. The Hall–Kier alpha value is -4.97. The van der Waals surface area contributed by atoms with Crippen LogP contribution in [0.4, 0.5) is 5.69 Å². The van der Waals surface area contributed by atoms with Gasteiger partial charge in [0, 0.05) is 47.8 Å². The van der Waals surface area contributed by atoms with Gasteiger partial charge >= 0.3 is 0 Å². The molecule has 0 saturated heterocycles. The first kappa shape index (κ1) is 33.0. The molecule has 0 saturated carbocycles. The highest BCUT2D eigenvalue weighted by Gasteiger charge is 2.25. The summed E-state index contributed by atoms with van der Waals surface area (Å²) in [5.41, 5.74) is 3.28. The van der Waals surface area contributed by atoms with Gasteiger partial charge < -0.3 is 14.8 Å². The van der Waals surface area contributed by atoms with E-state index in [4.69, 9.17) is 26.1 Å². The van der Waals surface area contributed by atoms with Crippen molar-refractivity contribution in [2.75, 3.05) is 39.2 Å². The molecule has 2 heterocycles. The summed E-state index contributed by atoms with van der Waals surface area (Å²) in [6.45, 7) is 2.37. The predicted octanol–water partition coefficient (Wildman–Crippen LogP) is 6.26. The predicted molar refractivity (Wildman–Crippen MR) is 189 cm³/mol. The average molecular weight is 684 g/mol. The molecular weight excluding hydrogens is 650 g/mol. The first-order valence-electron chi connectivity index (χ1n) is 15.3. The van der Waals surface area contributed by atoms with Crippen LogP contribution < -0.4 is 20.3 Å². The van der Waals surface area contributed by atoms with Crippen molar-refractivity contribution in [2.24, 2.45) is 0 Å². The number of nitrogens with one attached hydrogen (secondary N) is 1. The van der Waals surface area contributed by atoms with Crippen LogP contribution in [0.5, 0.6) is 11.5 Å². The Balaban J connectivity index is 1.35. The molecule has 6 aromatic rings. The Morgan fingerprint density at radius 2 is 1.48 bits per heavy atom. The van der Waals surface area contributed by atoms with Crippen LogP contribution in [-0.2, 0) is 16.4 Å². The molecule has 48 heavy (non-hydrogen) atoms. The number of anilines is 1. The van der Waals surface area contributed by atoms with E-state index in [0.717, 1.165) is 22.3 Å². The summed E-state index contributed by atoms with van der Waals surface area (Å²) in [7, 11) is -0.875. The van der Waals surface area contributed by atoms with E-state index in [1.807, 2.05) is 31.2 Å². The number of fused-ring (bicyclic) bond motifs is 2. The second-order valence-corrected chi connectivity index (χ2v) is 13.5. The average Bonchev–Trinajstić information content (AvgIpc) is 3.10. The largest absolute Gasteiger partial charge is 0.497 e. The van der Waals surface area contributed by atoms with Gasteiger partial charge in [-0.2, -0.15) is 4.31 Å². The maximum absolute atomic E-state index is 14.1. The minimum absolute atomic E-state index is 0.0545. The number of halogens is 1. The zero-order chi connectivity index (χ0) is 33.8. The summed E-state index contributed by atoms with van der Waals surface area (Å²) in [5, 5.41) is 5.27. The highest BCUT2D eigenvalue weighted by atomic mass is 35.5. The van der Waals surface area contributed by atoms with Gasteiger partial charge in [-0.25, -0.2) is 13.4 Å². The van der Waals surface area contributed by atoms with Crippen LogP contribution in [0.1, 0.15) is 11.5 Å². The van der Waals surface area contributed by atoms with Gasteiger partial charge in [-0.1, -0.05) is 23.7 Å². The summed E-state index contributed by atoms with van der Waals surface area (Å²) in [4.78, 5) is 23.4. The van der Waals surface area contributed by atoms with E-state index in [2.05, 4.69) is 10.3 Å². The third-order valence-corrected chi connectivity index (χ3v) is 10.2. The number of ether oxygens (including phenoxy) is 2. The summed E-state index contributed by atoms with van der Waals surface area (Å²) < 4.78 is 41.8. The monoisotopic (exact) mass is 683 g/mol. The highest BCUT2D eigenvalue weighted by Crippen LogP contribution is 2.27. The summed E-state index contributed by atoms with van der Waals surface area (Å²) in [6.07, 6.45) is 0.161. The SMILES string of the molecule is COc1ccc(-n2c(CCN(CCNc3cc(C)nc4ccc(Cl)cc34)S(=O)(=O)c3ccc(OC)cc3)nc3ccccc3c2=O)cc1. The van der Waals surface area contributed by atoms with Crippen LogP contribution in [0.3, 0.4) is 0 Å². The lowest BCUT2D eigenvalue weighted by atomic mass is 10.1. The molecule has 4 aromatic carbocycles. The standard InChI is InChI=1S/C36H34ClN5O5S/c1-24-22-34(31-23-25(37)8-17-33(31)39-24)38-19-21-41(48(44,45)29-15-13-28(47-3)14-16-29)20-18-35-40-32-7-5-4-6-30(32)36(43)42(35)26-9-11-27(46-2)12-10-26/h4-17,22-23H,18-21H2,1-3H3,(H,38,39). The van der Waals surface area contributed by atoms with Gasteiger partial charge in [-0.15, -0.1) is 0 Å². The van der Waals surface area contributed by atoms with Crippen molar-refractivity contribution in [3.05, 3.63) is 124 Å². The fourth-order valence-electron chi connectivity index (χ4n) is 5.61. The number of rotatable bonds is 12. The molecule has 0 aliphatic heterocycles. The molecule has 10 nitrogen and oxygen atoms in total. The van der Waals surface area contributed by atoms with Gasteiger partial charge in [0.05, 0.1) is 41.2 Å². The van der Waals surface area contributed by atoms with Crippen LogP contribution >= 0.6 is 11.6 Å². The van der Waals surface area contributed by atoms with E-state index >= 15 is 0 Å². The number of methoxy groups -OCH3 is 2. The molecule has 0 aliphatic carbocycles. The number of nitrogens with zero attached hydrogens (tertiary/aromatic N) is 4. The Kier molecular flexibility index (Phi) is 9.63. The molecule has 0 radical (unpaired) electrons. The van der Waals surface area contributed by atoms with Gasteiger partial charge in [0.2, 0.25) is 10.0 Å². The third-order valence-electron chi connectivity index (χ3n) is 8.03. The van der Waals surface area contributed by atoms with Crippen molar-refractivity contribution >= 4 is 49.1 Å². The number of para-hydroxylation sites is 1. The molecule has 246 valence electrons. The molecule has 0 bridgehead atoms. The Morgan fingerprint density at radius 3 is 2.19 bits per heavy atom. The van der Waals surface area contributed by atoms with Crippen LogP contribution in [0.2, 0.25) is 5.02 Å². The summed E-state index contributed by atoms with van der Waals surface area (Å²) in [5.74, 6) is 1.62. The van der Waals surface area contributed by atoms with Gasteiger partial charge in [0.1, 0.15) is 17.3 Å². The van der Waals surface area contributed by atoms with Gasteiger partial charge in [0.15, 0.2) is 0 Å². The van der Waals surface area contributed by atoms with Crippen LogP contribution in [0.25, 0.3) is 27.5 Å². The van der Waals surface area contributed by atoms with Crippen LogP contribution in [-0.4, -0.2) is 61.1 Å². The van der Waals surface area contributed by atoms with E-state index in [0.29, 0.717) is 38.9 Å². The summed E-state index contributed by atoms with van der Waals surface area (Å²) in [6, 6.07) is 27.9. The number of aromatic nitrogens is 3. The maximum Gasteiger partial charge on any atom is 0.265 e. The van der Waals surface area contributed by atoms with E-state index in [1.54, 1.807) is 67.8 Å². The third kappa shape index (κ3) is 6.84. The maximum atomic E-state index is 14.1. The smallest absolute Gasteiger partial charge is 0.265 e. The Bertz CT molecular complexity index is 2260. The second kappa shape index (κ2) is 14.0. The molecule has 2 aromatic heterocycles. The number of sulfonamides is 1. The first-order valence-corrected chi connectivity index (χ1v) is 17.1. The lowest BCUT2D eigenvalue weighted by Crippen LogP contribution is -2.37. The molecule has 0 spiro atoms. The molecule has 1 N–H and O–H groups in total. The van der Waals surface area contributed by atoms with Crippen molar-refractivity contribution in [2.45, 2.75) is 18.2 Å². The molecule has 0 amide bonds. The number of pyridine rings is 1. The van der Waals surface area contributed by atoms with Crippen molar-refractivity contribution in [3.63, 3.8) is 0 Å². The lowest BCUT2D eigenvalue weighted by Gasteiger charge is -2.24. The van der Waals surface area contributed by atoms with Crippen molar-refractivity contribution < 1.29 is 17.9 Å². The second-order valence-electron chi connectivity index (χ2n) is 11.1. The molecule has 0 atom stereocenters. The van der Waals surface area contributed by atoms with Gasteiger partial charge in [-0.3, -0.25) is 14.3 Å². The van der Waals surface area contributed by atoms with E-state index in [1.165, 1.54) is 28.1 Å². The van der Waals surface area contributed by atoms with E-state index < -0.39 is 10.0 Å². The van der Waals surface area contributed by atoms with Crippen LogP contribution in [0, 0.1) is 6.92 Å². The van der Waals surface area contributed by atoms with Crippen LogP contribution in [0.15, 0.2) is 107 Å². The molecular formula is C36H34ClN5O5S. The van der Waals surface area contributed by atoms with Gasteiger partial charge in [0.25, 0.3) is 5.56 Å².